The highest BCUT2D eigenvalue weighted by atomic mass is 32.2. The van der Waals surface area contributed by atoms with Gasteiger partial charge in [0.05, 0.1) is 17.9 Å². The number of aromatic nitrogens is 4. The molecule has 0 radical (unpaired) electrons. The van der Waals surface area contributed by atoms with Gasteiger partial charge in [-0.3, -0.25) is 4.79 Å². The molecule has 3 heterocycles. The SMILES string of the molecule is Cc1ccnc([C@H]2C[C@@H]2C(=O)Nc2cc(NCc3cn4cc(C5CC5)cc(F)c4n3)ccc2S(N)(=O)=O)n1. The van der Waals surface area contributed by atoms with Crippen LogP contribution >= 0.6 is 0 Å². The average Bonchev–Trinajstić information content (AvgIpc) is 3.78. The number of rotatable bonds is 8. The van der Waals surface area contributed by atoms with Crippen molar-refractivity contribution >= 4 is 33.0 Å². The van der Waals surface area contributed by atoms with Crippen LogP contribution in [0.5, 0.6) is 0 Å². The number of carbonyl (C=O) groups excluding carboxylic acids is 1. The van der Waals surface area contributed by atoms with E-state index in [-0.39, 0.29) is 46.3 Å². The first-order chi connectivity index (χ1) is 18.2. The standard InChI is InChI=1S/C26H26FN7O3S/c1-14-6-7-29-24(31-14)19-10-20(19)26(35)33-22-9-17(4-5-23(22)38(28,36)37)30-11-18-13-34-12-16(15-2-3-15)8-21(27)25(34)32-18/h4-9,12-13,15,19-20,30H,2-3,10-11H2,1H3,(H,33,35)(H2,28,36,37)/t19-,20-/m0/s1. The summed E-state index contributed by atoms with van der Waals surface area (Å²) in [5.41, 5.74) is 3.26. The maximum atomic E-state index is 14.5. The van der Waals surface area contributed by atoms with Crippen LogP contribution in [0.2, 0.25) is 0 Å². The van der Waals surface area contributed by atoms with Crippen LogP contribution in [0.3, 0.4) is 0 Å². The lowest BCUT2D eigenvalue weighted by molar-refractivity contribution is -0.117. The minimum absolute atomic E-state index is 0.0773. The Balaban J connectivity index is 1.19. The Morgan fingerprint density at radius 1 is 1.18 bits per heavy atom. The molecule has 0 saturated heterocycles. The summed E-state index contributed by atoms with van der Waals surface area (Å²) in [6, 6.07) is 7.74. The fraction of sp³-hybridized carbons (Fsp3) is 0.308. The zero-order valence-corrected chi connectivity index (χ0v) is 21.4. The molecule has 2 atom stereocenters. The van der Waals surface area contributed by atoms with E-state index < -0.39 is 10.0 Å². The smallest absolute Gasteiger partial charge is 0.240 e. The van der Waals surface area contributed by atoms with E-state index in [9.17, 15) is 17.6 Å². The number of nitrogens with two attached hydrogens (primary N) is 1. The third kappa shape index (κ3) is 4.96. The minimum Gasteiger partial charge on any atom is -0.379 e. The molecule has 3 aromatic heterocycles. The summed E-state index contributed by atoms with van der Waals surface area (Å²) in [7, 11) is -4.09. The zero-order valence-electron chi connectivity index (χ0n) is 20.6. The second-order valence-corrected chi connectivity index (χ2v) is 11.5. The number of nitrogens with zero attached hydrogens (tertiary/aromatic N) is 4. The van der Waals surface area contributed by atoms with Gasteiger partial charge in [-0.25, -0.2) is 32.9 Å². The quantitative estimate of drug-likeness (QED) is 0.313. The number of hydrogen-bond acceptors (Lipinski definition) is 7. The Hall–Kier alpha value is -3.90. The number of hydrogen-bond donors (Lipinski definition) is 3. The summed E-state index contributed by atoms with van der Waals surface area (Å²) in [5, 5.41) is 11.3. The van der Waals surface area contributed by atoms with Crippen molar-refractivity contribution in [2.75, 3.05) is 10.6 Å². The molecule has 38 heavy (non-hydrogen) atoms. The lowest BCUT2D eigenvalue weighted by Crippen LogP contribution is -2.20. The molecule has 2 fully saturated rings. The molecule has 10 nitrogen and oxygen atoms in total. The van der Waals surface area contributed by atoms with Crippen LogP contribution in [0.4, 0.5) is 15.8 Å². The lowest BCUT2D eigenvalue weighted by atomic mass is 10.2. The van der Waals surface area contributed by atoms with Crippen molar-refractivity contribution in [3.63, 3.8) is 0 Å². The molecule has 0 aliphatic heterocycles. The number of halogens is 1. The lowest BCUT2D eigenvalue weighted by Gasteiger charge is -2.13. The Labute approximate surface area is 218 Å². The van der Waals surface area contributed by atoms with Crippen LogP contribution in [0.15, 0.2) is 53.8 Å². The maximum absolute atomic E-state index is 14.5. The number of sulfonamides is 1. The number of amides is 1. The molecule has 4 aromatic rings. The highest BCUT2D eigenvalue weighted by molar-refractivity contribution is 7.89. The molecule has 0 bridgehead atoms. The molecule has 1 aromatic carbocycles. The maximum Gasteiger partial charge on any atom is 0.240 e. The van der Waals surface area contributed by atoms with E-state index in [4.69, 9.17) is 5.14 Å². The van der Waals surface area contributed by atoms with Crippen LogP contribution in [0.1, 0.15) is 53.9 Å². The number of aryl methyl sites for hydroxylation is 1. The highest BCUT2D eigenvalue weighted by Gasteiger charge is 2.46. The Morgan fingerprint density at radius 2 is 2.00 bits per heavy atom. The Kier molecular flexibility index (Phi) is 5.88. The number of benzene rings is 1. The number of pyridine rings is 1. The Bertz CT molecular complexity index is 1680. The fourth-order valence-corrected chi connectivity index (χ4v) is 5.35. The third-order valence-corrected chi connectivity index (χ3v) is 7.89. The van der Waals surface area contributed by atoms with Crippen LogP contribution < -0.4 is 15.8 Å². The van der Waals surface area contributed by atoms with Crippen LogP contribution in [-0.2, 0) is 21.4 Å². The molecule has 4 N–H and O–H groups in total. The van der Waals surface area contributed by atoms with E-state index >= 15 is 0 Å². The van der Waals surface area contributed by atoms with E-state index in [0.717, 1.165) is 24.1 Å². The number of nitrogens with one attached hydrogen (secondary N) is 2. The fourth-order valence-electron chi connectivity index (χ4n) is 4.67. The summed E-state index contributed by atoms with van der Waals surface area (Å²) in [6.07, 6.45) is 8.05. The molecule has 2 aliphatic rings. The molecule has 6 rings (SSSR count). The predicted octanol–water partition coefficient (Wildman–Crippen LogP) is 3.45. The highest BCUT2D eigenvalue weighted by Crippen LogP contribution is 2.46. The van der Waals surface area contributed by atoms with Crippen LogP contribution in [-0.4, -0.2) is 33.7 Å². The van der Waals surface area contributed by atoms with Gasteiger partial charge in [-0.05, 0) is 68.0 Å². The van der Waals surface area contributed by atoms with E-state index in [2.05, 4.69) is 25.6 Å². The van der Waals surface area contributed by atoms with Gasteiger partial charge in [-0.15, -0.1) is 0 Å². The number of imidazole rings is 1. The first-order valence-electron chi connectivity index (χ1n) is 12.3. The van der Waals surface area contributed by atoms with Gasteiger partial charge < -0.3 is 15.0 Å². The number of carbonyl (C=O) groups is 1. The molecule has 0 unspecified atom stereocenters. The first kappa shape index (κ1) is 24.4. The molecule has 0 spiro atoms. The normalized spacial score (nSPS) is 18.9. The summed E-state index contributed by atoms with van der Waals surface area (Å²) in [4.78, 5) is 25.8. The van der Waals surface area contributed by atoms with Crippen molar-refractivity contribution in [2.45, 2.75) is 49.5 Å². The van der Waals surface area contributed by atoms with Crippen molar-refractivity contribution in [3.05, 3.63) is 77.5 Å². The summed E-state index contributed by atoms with van der Waals surface area (Å²) in [6.45, 7) is 2.12. The van der Waals surface area contributed by atoms with Gasteiger partial charge in [0.2, 0.25) is 15.9 Å². The van der Waals surface area contributed by atoms with Crippen molar-refractivity contribution in [3.8, 4) is 0 Å². The van der Waals surface area contributed by atoms with E-state index in [1.54, 1.807) is 35.0 Å². The molecule has 196 valence electrons. The van der Waals surface area contributed by atoms with Gasteiger partial charge in [-0.2, -0.15) is 0 Å². The van der Waals surface area contributed by atoms with Gasteiger partial charge in [0.15, 0.2) is 11.5 Å². The van der Waals surface area contributed by atoms with E-state index in [0.29, 0.717) is 29.5 Å². The number of primary sulfonamides is 1. The van der Waals surface area contributed by atoms with Gasteiger partial charge in [0.1, 0.15) is 10.7 Å². The van der Waals surface area contributed by atoms with Gasteiger partial charge >= 0.3 is 0 Å². The van der Waals surface area contributed by atoms with E-state index in [1.807, 2.05) is 13.1 Å². The van der Waals surface area contributed by atoms with E-state index in [1.165, 1.54) is 12.1 Å². The molecule has 2 aliphatic carbocycles. The van der Waals surface area contributed by atoms with Crippen molar-refractivity contribution in [2.24, 2.45) is 11.1 Å². The first-order valence-corrected chi connectivity index (χ1v) is 13.9. The minimum atomic E-state index is -4.09. The average molecular weight is 536 g/mol. The number of fused-ring (bicyclic) bond motifs is 1. The topological polar surface area (TPSA) is 144 Å². The number of anilines is 2. The van der Waals surface area contributed by atoms with Crippen molar-refractivity contribution in [1.29, 1.82) is 0 Å². The van der Waals surface area contributed by atoms with Gasteiger partial charge in [0.25, 0.3) is 0 Å². The summed E-state index contributed by atoms with van der Waals surface area (Å²) in [5.74, 6) is -0.165. The second-order valence-electron chi connectivity index (χ2n) is 9.96. The molecular weight excluding hydrogens is 509 g/mol. The summed E-state index contributed by atoms with van der Waals surface area (Å²) < 4.78 is 40.6. The third-order valence-electron chi connectivity index (χ3n) is 6.92. The zero-order chi connectivity index (χ0) is 26.6. The van der Waals surface area contributed by atoms with Crippen molar-refractivity contribution < 1.29 is 17.6 Å². The van der Waals surface area contributed by atoms with Crippen molar-refractivity contribution in [1.82, 2.24) is 19.4 Å². The summed E-state index contributed by atoms with van der Waals surface area (Å²) >= 11 is 0. The van der Waals surface area contributed by atoms with Gasteiger partial charge in [-0.1, -0.05) is 0 Å². The van der Waals surface area contributed by atoms with Gasteiger partial charge in [0, 0.05) is 41.8 Å². The second kappa shape index (κ2) is 9.14. The van der Waals surface area contributed by atoms with Crippen LogP contribution in [0.25, 0.3) is 5.65 Å². The molecule has 2 saturated carbocycles. The largest absolute Gasteiger partial charge is 0.379 e. The predicted molar refractivity (Wildman–Crippen MR) is 139 cm³/mol. The Morgan fingerprint density at radius 3 is 2.74 bits per heavy atom. The molecule has 12 heteroatoms. The van der Waals surface area contributed by atoms with Crippen LogP contribution in [0, 0.1) is 18.7 Å². The molecule has 1 amide bonds. The monoisotopic (exact) mass is 535 g/mol. The molecular formula is C26H26FN7O3S.